The second kappa shape index (κ2) is 10.1. The number of likely N-dealkylation sites (tertiary alicyclic amines) is 1. The number of nitrogens with zero attached hydrogens (tertiary/aromatic N) is 2. The van der Waals surface area contributed by atoms with Gasteiger partial charge in [-0.05, 0) is 80.6 Å². The molecule has 5 rings (SSSR count). The van der Waals surface area contributed by atoms with Gasteiger partial charge in [-0.1, -0.05) is 36.2 Å². The molecule has 36 heavy (non-hydrogen) atoms. The number of fused-ring (bicyclic) bond motifs is 1. The summed E-state index contributed by atoms with van der Waals surface area (Å²) in [5.41, 5.74) is 9.50. The third-order valence-corrected chi connectivity index (χ3v) is 8.17. The zero-order valence-corrected chi connectivity index (χ0v) is 22.0. The second-order valence-electron chi connectivity index (χ2n) is 9.67. The summed E-state index contributed by atoms with van der Waals surface area (Å²) in [6.45, 7) is 7.24. The molecule has 0 aliphatic carbocycles. The molecule has 1 spiro atoms. The van der Waals surface area contributed by atoms with Gasteiger partial charge in [0.2, 0.25) is 0 Å². The molecule has 3 heterocycles. The predicted octanol–water partition coefficient (Wildman–Crippen LogP) is 7.10. The van der Waals surface area contributed by atoms with Gasteiger partial charge in [0.05, 0.1) is 5.02 Å². The summed E-state index contributed by atoms with van der Waals surface area (Å²) in [6.07, 6.45) is 5.25. The Labute approximate surface area is 221 Å². The van der Waals surface area contributed by atoms with Crippen LogP contribution in [0.3, 0.4) is 0 Å². The Morgan fingerprint density at radius 2 is 1.92 bits per heavy atom. The van der Waals surface area contributed by atoms with Crippen LogP contribution in [0.2, 0.25) is 10.0 Å². The average molecular weight is 530 g/mol. The van der Waals surface area contributed by atoms with Gasteiger partial charge in [-0.3, -0.25) is 0 Å². The molecule has 3 aromatic rings. The number of nitrogens with two attached hydrogens (primary N) is 1. The summed E-state index contributed by atoms with van der Waals surface area (Å²) >= 11 is 12.4. The van der Waals surface area contributed by atoms with Gasteiger partial charge >= 0.3 is 0 Å². The van der Waals surface area contributed by atoms with Crippen molar-refractivity contribution in [2.75, 3.05) is 25.4 Å². The van der Waals surface area contributed by atoms with E-state index in [4.69, 9.17) is 38.4 Å². The van der Waals surface area contributed by atoms with Crippen LogP contribution in [-0.2, 0) is 6.42 Å². The highest BCUT2D eigenvalue weighted by Gasteiger charge is 2.39. The summed E-state index contributed by atoms with van der Waals surface area (Å²) in [7, 11) is 0. The minimum absolute atomic E-state index is 0.0421. The molecule has 2 aliphatic rings. The number of nitrogen functional groups attached to an aromatic ring is 1. The average Bonchev–Trinajstić information content (AvgIpc) is 2.88. The van der Waals surface area contributed by atoms with Gasteiger partial charge in [0.1, 0.15) is 23.3 Å². The van der Waals surface area contributed by atoms with Crippen molar-refractivity contribution in [3.05, 3.63) is 69.6 Å². The summed E-state index contributed by atoms with van der Waals surface area (Å²) < 4.78 is 26.7. The van der Waals surface area contributed by atoms with Gasteiger partial charge < -0.3 is 20.1 Å². The minimum atomic E-state index is -0.632. The quantitative estimate of drug-likeness (QED) is 0.357. The number of piperidine rings is 1. The van der Waals surface area contributed by atoms with Crippen LogP contribution in [0.4, 0.5) is 10.2 Å². The van der Waals surface area contributed by atoms with Crippen molar-refractivity contribution in [3.8, 4) is 22.6 Å². The minimum Gasteiger partial charge on any atom is -0.487 e. The van der Waals surface area contributed by atoms with Crippen molar-refractivity contribution < 1.29 is 13.9 Å². The Bertz CT molecular complexity index is 1280. The van der Waals surface area contributed by atoms with Gasteiger partial charge in [0, 0.05) is 35.4 Å². The number of pyridine rings is 1. The molecule has 1 saturated heterocycles. The number of aromatic nitrogens is 1. The van der Waals surface area contributed by atoms with Gasteiger partial charge in [0.25, 0.3) is 0 Å². The fraction of sp³-hybridized carbons (Fsp3) is 0.393. The molecule has 1 aromatic heterocycles. The van der Waals surface area contributed by atoms with E-state index in [0.717, 1.165) is 62.2 Å². The first kappa shape index (κ1) is 25.1. The molecule has 2 aliphatic heterocycles. The highest BCUT2D eigenvalue weighted by molar-refractivity contribution is 6.36. The van der Waals surface area contributed by atoms with Crippen molar-refractivity contribution in [2.45, 2.75) is 51.2 Å². The van der Waals surface area contributed by atoms with Crippen molar-refractivity contribution >= 4 is 29.0 Å². The van der Waals surface area contributed by atoms with Crippen LogP contribution >= 0.6 is 23.2 Å². The molecule has 5 nitrogen and oxygen atoms in total. The Morgan fingerprint density at radius 1 is 1.14 bits per heavy atom. The lowest BCUT2D eigenvalue weighted by Gasteiger charge is -2.44. The number of halogens is 3. The Balaban J connectivity index is 1.36. The number of rotatable bonds is 5. The molecule has 0 unspecified atom stereocenters. The smallest absolute Gasteiger partial charge is 0.166 e. The van der Waals surface area contributed by atoms with Crippen molar-refractivity contribution in [1.29, 1.82) is 0 Å². The van der Waals surface area contributed by atoms with Gasteiger partial charge in [-0.25, -0.2) is 9.37 Å². The number of anilines is 1. The number of aryl methyl sites for hydroxylation is 1. The zero-order valence-electron chi connectivity index (χ0n) is 20.5. The van der Waals surface area contributed by atoms with Crippen LogP contribution in [0.5, 0.6) is 11.5 Å². The molecule has 1 atom stereocenters. The highest BCUT2D eigenvalue weighted by atomic mass is 35.5. The predicted molar refractivity (Wildman–Crippen MR) is 143 cm³/mol. The zero-order chi connectivity index (χ0) is 25.4. The topological polar surface area (TPSA) is 60.6 Å². The molecule has 8 heteroatoms. The summed E-state index contributed by atoms with van der Waals surface area (Å²) in [5, 5.41) is 0.259. The maximum absolute atomic E-state index is 14.0. The molecule has 0 amide bonds. The van der Waals surface area contributed by atoms with Gasteiger partial charge in [-0.2, -0.15) is 0 Å². The van der Waals surface area contributed by atoms with E-state index in [1.165, 1.54) is 17.7 Å². The maximum atomic E-state index is 14.0. The summed E-state index contributed by atoms with van der Waals surface area (Å²) in [5.74, 6) is 1.03. The first-order chi connectivity index (χ1) is 17.3. The van der Waals surface area contributed by atoms with Crippen LogP contribution in [0, 0.1) is 5.82 Å². The first-order valence-corrected chi connectivity index (χ1v) is 13.1. The lowest BCUT2D eigenvalue weighted by molar-refractivity contribution is -0.0132. The van der Waals surface area contributed by atoms with E-state index >= 15 is 0 Å². The number of hydrogen-bond donors (Lipinski definition) is 1. The second-order valence-corrected chi connectivity index (χ2v) is 10.5. The van der Waals surface area contributed by atoms with E-state index < -0.39 is 11.9 Å². The van der Waals surface area contributed by atoms with Gasteiger partial charge in [0.15, 0.2) is 11.6 Å². The number of hydrogen-bond acceptors (Lipinski definition) is 5. The fourth-order valence-electron chi connectivity index (χ4n) is 5.20. The molecule has 0 saturated carbocycles. The van der Waals surface area contributed by atoms with Crippen LogP contribution < -0.4 is 15.2 Å². The Hall–Kier alpha value is -2.54. The molecule has 0 bridgehead atoms. The van der Waals surface area contributed by atoms with E-state index in [2.05, 4.69) is 28.9 Å². The summed E-state index contributed by atoms with van der Waals surface area (Å²) in [4.78, 5) is 6.82. The van der Waals surface area contributed by atoms with Crippen LogP contribution in [0.25, 0.3) is 11.1 Å². The van der Waals surface area contributed by atoms with Crippen LogP contribution in [-0.4, -0.2) is 35.1 Å². The largest absolute Gasteiger partial charge is 0.487 e. The lowest BCUT2D eigenvalue weighted by atomic mass is 9.82. The van der Waals surface area contributed by atoms with Crippen LogP contribution in [0.1, 0.15) is 50.3 Å². The molecule has 190 valence electrons. The normalized spacial score (nSPS) is 17.9. The third-order valence-electron chi connectivity index (χ3n) is 7.46. The molecule has 2 N–H and O–H groups in total. The van der Waals surface area contributed by atoms with E-state index in [0.29, 0.717) is 16.3 Å². The highest BCUT2D eigenvalue weighted by Crippen LogP contribution is 2.42. The Kier molecular flexibility index (Phi) is 7.03. The van der Waals surface area contributed by atoms with E-state index in [9.17, 15) is 4.39 Å². The molecule has 2 aromatic carbocycles. The van der Waals surface area contributed by atoms with E-state index in [-0.39, 0.29) is 16.4 Å². The Morgan fingerprint density at radius 3 is 2.67 bits per heavy atom. The monoisotopic (exact) mass is 529 g/mol. The molecule has 0 radical (unpaired) electrons. The fourth-order valence-corrected chi connectivity index (χ4v) is 5.88. The first-order valence-electron chi connectivity index (χ1n) is 12.4. The van der Waals surface area contributed by atoms with E-state index in [1.807, 2.05) is 12.1 Å². The SMILES string of the molecule is CCN1CCC2(CCc3cc(-c4cnc(N)c(O[C@H](C)c5c(Cl)ccc(F)c5Cl)c4)ccc3O2)CC1. The van der Waals surface area contributed by atoms with Crippen molar-refractivity contribution in [1.82, 2.24) is 9.88 Å². The van der Waals surface area contributed by atoms with Gasteiger partial charge in [-0.15, -0.1) is 0 Å². The standard InChI is InChI=1S/C28H30Cl2FN3O2/c1-3-34-12-10-28(11-13-34)9-8-19-14-18(4-7-23(19)36-28)20-15-24(27(32)33-16-20)35-17(2)25-21(29)5-6-22(31)26(25)30/h4-7,14-17H,3,8-13H2,1-2H3,(H2,32,33)/t17-/m1/s1. The van der Waals surface area contributed by atoms with E-state index in [1.54, 1.807) is 13.1 Å². The lowest BCUT2D eigenvalue weighted by Crippen LogP contribution is -2.49. The maximum Gasteiger partial charge on any atom is 0.166 e. The number of ether oxygens (including phenoxy) is 2. The molecular weight excluding hydrogens is 500 g/mol. The molecular formula is C28H30Cl2FN3O2. The third kappa shape index (κ3) is 4.86. The van der Waals surface area contributed by atoms with Crippen molar-refractivity contribution in [2.24, 2.45) is 0 Å². The van der Waals surface area contributed by atoms with Crippen molar-refractivity contribution in [3.63, 3.8) is 0 Å². The molecule has 1 fully saturated rings. The summed E-state index contributed by atoms with van der Waals surface area (Å²) in [6, 6.07) is 10.8. The number of benzene rings is 2. The van der Waals surface area contributed by atoms with Crippen LogP contribution in [0.15, 0.2) is 42.6 Å².